The van der Waals surface area contributed by atoms with E-state index in [4.69, 9.17) is 23.1 Å². The summed E-state index contributed by atoms with van der Waals surface area (Å²) in [6.07, 6.45) is -5.51. The zero-order chi connectivity index (χ0) is 40.1. The largest absolute Gasteiger partial charge is 0.435 e. The molecule has 2 aliphatic rings. The molecule has 2 aromatic carbocycles. The monoisotopic (exact) mass is 786 g/mol. The molecule has 3 aromatic heterocycles. The van der Waals surface area contributed by atoms with E-state index in [-0.39, 0.29) is 44.6 Å². The van der Waals surface area contributed by atoms with Gasteiger partial charge in [-0.25, -0.2) is 13.8 Å². The average Bonchev–Trinajstić information content (AvgIpc) is 3.29. The molecule has 0 aliphatic heterocycles. The van der Waals surface area contributed by atoms with Gasteiger partial charge in [0.05, 0.1) is 39.3 Å². The molecule has 0 spiro atoms. The van der Waals surface area contributed by atoms with Gasteiger partial charge in [-0.2, -0.15) is 32.1 Å². The smallest absolute Gasteiger partial charge is 0.396 e. The van der Waals surface area contributed by atoms with Crippen LogP contribution in [0.4, 0.5) is 42.2 Å². The number of aromatic nitrogens is 5. The molecule has 1 amide bonds. The number of nitrogens with zero attached hydrogens (tertiary/aromatic N) is 5. The molecule has 0 unspecified atom stereocenters. The van der Waals surface area contributed by atoms with Crippen LogP contribution in [0.5, 0.6) is 0 Å². The lowest BCUT2D eigenvalue weighted by atomic mass is 9.93. The first kappa shape index (κ1) is 37.7. The molecule has 10 nitrogen and oxygen atoms in total. The Morgan fingerprint density at radius 1 is 1.11 bits per heavy atom. The molecule has 286 valence electrons. The van der Waals surface area contributed by atoms with Crippen LogP contribution in [0.25, 0.3) is 22.0 Å². The second-order valence-corrected chi connectivity index (χ2v) is 14.4. The first-order chi connectivity index (χ1) is 25.6. The van der Waals surface area contributed by atoms with Crippen molar-refractivity contribution in [2.45, 2.75) is 56.5 Å². The highest BCUT2D eigenvalue weighted by Gasteiger charge is 2.71. The lowest BCUT2D eigenvalue weighted by Gasteiger charge is -2.24. The Morgan fingerprint density at radius 3 is 2.42 bits per heavy atom. The van der Waals surface area contributed by atoms with Gasteiger partial charge in [0.25, 0.3) is 5.92 Å². The van der Waals surface area contributed by atoms with E-state index in [1.54, 1.807) is 13.1 Å². The number of amides is 1. The lowest BCUT2D eigenvalue weighted by Crippen LogP contribution is -2.35. The van der Waals surface area contributed by atoms with Crippen molar-refractivity contribution in [3.05, 3.63) is 99.1 Å². The van der Waals surface area contributed by atoms with Gasteiger partial charge in [-0.05, 0) is 56.0 Å². The molecule has 1 saturated carbocycles. The third kappa shape index (κ3) is 6.63. The average molecular weight is 787 g/mol. The third-order valence-corrected chi connectivity index (χ3v) is 9.76. The predicted octanol–water partition coefficient (Wildman–Crippen LogP) is 6.54. The van der Waals surface area contributed by atoms with Crippen LogP contribution in [0.15, 0.2) is 48.6 Å². The molecule has 2 aliphatic carbocycles. The van der Waals surface area contributed by atoms with Gasteiger partial charge < -0.3 is 21.9 Å². The van der Waals surface area contributed by atoms with Gasteiger partial charge in [0.1, 0.15) is 35.2 Å². The Kier molecular flexibility index (Phi) is 8.73. The van der Waals surface area contributed by atoms with E-state index in [1.165, 1.54) is 30.7 Å². The van der Waals surface area contributed by atoms with E-state index >= 15 is 8.78 Å². The van der Waals surface area contributed by atoms with Crippen molar-refractivity contribution in [1.29, 1.82) is 0 Å². The van der Waals surface area contributed by atoms with Crippen LogP contribution < -0.4 is 16.8 Å². The molecular weight excluding hydrogens is 757 g/mol. The second-order valence-electron chi connectivity index (χ2n) is 14.0. The number of pyridine rings is 1. The molecule has 3 heterocycles. The molecule has 5 aromatic rings. The first-order valence-corrected chi connectivity index (χ1v) is 16.9. The number of aliphatic hydroxyl groups is 1. The van der Waals surface area contributed by atoms with Gasteiger partial charge >= 0.3 is 6.18 Å². The molecule has 7 rings (SSSR count). The number of halogens is 8. The van der Waals surface area contributed by atoms with Gasteiger partial charge in [-0.1, -0.05) is 35.7 Å². The number of hydrogen-bond donors (Lipinski definition) is 4. The number of hydrogen-bond acceptors (Lipinski definition) is 7. The standard InChI is InChI=1S/C37H30ClF7N8O2/c1-15-26-28-32(37(43,44)45)50-53(33(28)36(41,42)29(15)26)14-25(54)48-24(11-16-9-17(39)12-18(40)10-16)30-20(13-22(46)23(49-30)7-8-35(2,3)55)19-5-6-21(38)27-31(19)52(4)51-34(27)47/h5-6,9-10,12-13,24,26,29,55H,1,11,14,46H2,2-4H3,(H2,47,51)(H,48,54)/t24-,26+,29+/m0/s1. The molecule has 1 fully saturated rings. The van der Waals surface area contributed by atoms with E-state index < -0.39 is 83.0 Å². The fraction of sp³-hybridized carbons (Fsp3) is 0.297. The number of rotatable bonds is 7. The number of allylic oxidation sites excluding steroid dienone is 1. The molecular formula is C37H30ClF7N8O2. The first-order valence-electron chi connectivity index (χ1n) is 16.5. The topological polar surface area (TPSA) is 150 Å². The summed E-state index contributed by atoms with van der Waals surface area (Å²) in [5, 5.41) is 21.2. The zero-order valence-electron chi connectivity index (χ0n) is 29.1. The van der Waals surface area contributed by atoms with Gasteiger partial charge in [0.2, 0.25) is 5.91 Å². The van der Waals surface area contributed by atoms with Crippen molar-refractivity contribution in [3.8, 4) is 23.0 Å². The van der Waals surface area contributed by atoms with Crippen molar-refractivity contribution in [2.75, 3.05) is 11.5 Å². The van der Waals surface area contributed by atoms with Crippen molar-refractivity contribution in [1.82, 2.24) is 29.9 Å². The molecule has 18 heteroatoms. The van der Waals surface area contributed by atoms with Crippen LogP contribution in [0, 0.1) is 29.4 Å². The molecule has 0 saturated heterocycles. The summed E-state index contributed by atoms with van der Waals surface area (Å²) in [4.78, 5) is 18.5. The number of fused-ring (bicyclic) bond motifs is 4. The minimum atomic E-state index is -5.12. The SMILES string of the molecule is C=C1[C@@H]2c3c(C(F)(F)F)nn(CC(=O)N[C@@H](Cc4cc(F)cc(F)c4)c4nc(C#CC(C)(C)O)c(N)cc4-c4ccc(Cl)c5c(N)nn(C)c45)c3C(F)(F)[C@H]12. The Bertz CT molecular complexity index is 2510. The van der Waals surface area contributed by atoms with Crippen LogP contribution in [0.1, 0.15) is 59.7 Å². The zero-order valence-corrected chi connectivity index (χ0v) is 29.8. The molecule has 3 atom stereocenters. The van der Waals surface area contributed by atoms with E-state index in [9.17, 15) is 31.9 Å². The summed E-state index contributed by atoms with van der Waals surface area (Å²) in [6, 6.07) is 5.78. The summed E-state index contributed by atoms with van der Waals surface area (Å²) < 4.78 is 104. The van der Waals surface area contributed by atoms with Crippen LogP contribution in [-0.4, -0.2) is 41.2 Å². The summed E-state index contributed by atoms with van der Waals surface area (Å²) in [5.41, 5.74) is 8.55. The Hall–Kier alpha value is -5.60. The Labute approximate surface area is 313 Å². The highest BCUT2D eigenvalue weighted by molar-refractivity contribution is 6.37. The third-order valence-electron chi connectivity index (χ3n) is 9.44. The van der Waals surface area contributed by atoms with E-state index in [1.807, 2.05) is 0 Å². The fourth-order valence-corrected chi connectivity index (χ4v) is 7.47. The summed E-state index contributed by atoms with van der Waals surface area (Å²) in [6.45, 7) is 5.20. The number of carbonyl (C=O) groups excluding carboxylic acids is 1. The van der Waals surface area contributed by atoms with Crippen molar-refractivity contribution in [2.24, 2.45) is 13.0 Å². The summed E-state index contributed by atoms with van der Waals surface area (Å²) >= 11 is 6.49. The van der Waals surface area contributed by atoms with Crippen molar-refractivity contribution < 1.29 is 40.6 Å². The number of anilines is 2. The highest BCUT2D eigenvalue weighted by Crippen LogP contribution is 2.71. The number of nitrogen functional groups attached to an aromatic ring is 2. The fourth-order valence-electron chi connectivity index (χ4n) is 7.22. The van der Waals surface area contributed by atoms with E-state index in [0.29, 0.717) is 27.2 Å². The molecule has 55 heavy (non-hydrogen) atoms. The predicted molar refractivity (Wildman–Crippen MR) is 188 cm³/mol. The minimum Gasteiger partial charge on any atom is -0.396 e. The quantitative estimate of drug-likeness (QED) is 0.0832. The van der Waals surface area contributed by atoms with Gasteiger partial charge in [0, 0.05) is 35.7 Å². The van der Waals surface area contributed by atoms with Crippen molar-refractivity contribution >= 4 is 39.9 Å². The Morgan fingerprint density at radius 2 is 1.78 bits per heavy atom. The number of aryl methyl sites for hydroxylation is 1. The van der Waals surface area contributed by atoms with Crippen LogP contribution in [0.3, 0.4) is 0 Å². The van der Waals surface area contributed by atoms with Gasteiger partial charge in [-0.3, -0.25) is 14.2 Å². The number of alkyl halides is 5. The van der Waals surface area contributed by atoms with Gasteiger partial charge in [0.15, 0.2) is 11.5 Å². The number of nitrogens with two attached hydrogens (primary N) is 2. The van der Waals surface area contributed by atoms with Gasteiger partial charge in [-0.15, -0.1) is 0 Å². The summed E-state index contributed by atoms with van der Waals surface area (Å²) in [5.74, 6) is -4.28. The van der Waals surface area contributed by atoms with Crippen LogP contribution in [0.2, 0.25) is 5.02 Å². The lowest BCUT2D eigenvalue weighted by molar-refractivity contribution is -0.142. The maximum absolute atomic E-state index is 15.5. The number of carbonyl (C=O) groups is 1. The molecule has 6 N–H and O–H groups in total. The highest BCUT2D eigenvalue weighted by atomic mass is 35.5. The van der Waals surface area contributed by atoms with Crippen LogP contribution >= 0.6 is 11.6 Å². The van der Waals surface area contributed by atoms with E-state index in [0.717, 1.165) is 12.1 Å². The maximum atomic E-state index is 15.5. The van der Waals surface area contributed by atoms with Crippen molar-refractivity contribution in [3.63, 3.8) is 0 Å². The second kappa shape index (κ2) is 12.7. The number of nitrogens with one attached hydrogen (secondary N) is 1. The normalized spacial score (nSPS) is 17.8. The summed E-state index contributed by atoms with van der Waals surface area (Å²) in [7, 11) is 1.58. The number of benzene rings is 2. The maximum Gasteiger partial charge on any atom is 0.435 e. The molecule has 0 radical (unpaired) electrons. The minimum absolute atomic E-state index is 0.00443. The van der Waals surface area contributed by atoms with E-state index in [2.05, 4.69) is 38.9 Å². The molecule has 0 bridgehead atoms. The van der Waals surface area contributed by atoms with Crippen LogP contribution in [-0.2, 0) is 36.9 Å². The Balaban J connectivity index is 1.40.